The van der Waals surface area contributed by atoms with Gasteiger partial charge in [-0.1, -0.05) is 40.8 Å². The van der Waals surface area contributed by atoms with Crippen LogP contribution in [0.15, 0.2) is 52.3 Å². The number of fused-ring (bicyclic) bond motifs is 2. The van der Waals surface area contributed by atoms with Crippen LogP contribution in [0.5, 0.6) is 5.75 Å². The van der Waals surface area contributed by atoms with E-state index in [0.29, 0.717) is 33.6 Å². The second kappa shape index (κ2) is 11.1. The number of hydrogen-bond donors (Lipinski definition) is 1. The lowest BCUT2D eigenvalue weighted by molar-refractivity contribution is -0.137. The summed E-state index contributed by atoms with van der Waals surface area (Å²) >= 11 is 8.25. The highest BCUT2D eigenvalue weighted by atomic mass is 35.5. The van der Waals surface area contributed by atoms with Gasteiger partial charge in [0.2, 0.25) is 11.8 Å². The SMILES string of the molecule is O=C(COc1ccc(Cl)cc1[C@H]1c2sc(=O)[nH]c2SC2C(=O)N(c3cccc(C(F)(F)F)c3)C(=O)C21)N1CCCCC1. The molecule has 0 saturated carbocycles. The largest absolute Gasteiger partial charge is 0.483 e. The third-order valence-corrected chi connectivity index (χ3v) is 10.3. The summed E-state index contributed by atoms with van der Waals surface area (Å²) in [5.74, 6) is -3.30. The van der Waals surface area contributed by atoms with E-state index in [1.54, 1.807) is 23.1 Å². The van der Waals surface area contributed by atoms with Crippen LogP contribution in [0.25, 0.3) is 0 Å². The number of carbonyl (C=O) groups excluding carboxylic acids is 3. The molecule has 0 spiro atoms. The summed E-state index contributed by atoms with van der Waals surface area (Å²) < 4.78 is 46.3. The van der Waals surface area contributed by atoms with Crippen molar-refractivity contribution in [3.8, 4) is 5.75 Å². The number of aromatic nitrogens is 1. The van der Waals surface area contributed by atoms with Gasteiger partial charge in [-0.25, -0.2) is 4.90 Å². The molecule has 3 aliphatic rings. The zero-order valence-electron chi connectivity index (χ0n) is 21.8. The number of H-pyrrole nitrogens is 1. The van der Waals surface area contributed by atoms with Crippen molar-refractivity contribution in [1.29, 1.82) is 0 Å². The van der Waals surface area contributed by atoms with E-state index in [2.05, 4.69) is 4.98 Å². The van der Waals surface area contributed by atoms with Crippen LogP contribution in [-0.2, 0) is 20.6 Å². The van der Waals surface area contributed by atoms with Crippen LogP contribution in [0.2, 0.25) is 5.02 Å². The molecule has 2 unspecified atom stereocenters. The van der Waals surface area contributed by atoms with Gasteiger partial charge in [0, 0.05) is 34.5 Å². The predicted octanol–water partition coefficient (Wildman–Crippen LogP) is 5.30. The molecule has 6 rings (SSSR count). The highest BCUT2D eigenvalue weighted by Gasteiger charge is 2.57. The van der Waals surface area contributed by atoms with Gasteiger partial charge in [-0.2, -0.15) is 13.2 Å². The molecule has 2 aromatic carbocycles. The first-order chi connectivity index (χ1) is 20.0. The van der Waals surface area contributed by atoms with Gasteiger partial charge in [0.25, 0.3) is 5.91 Å². The predicted molar refractivity (Wildman–Crippen MR) is 151 cm³/mol. The van der Waals surface area contributed by atoms with Crippen LogP contribution in [0.1, 0.15) is 41.2 Å². The Kier molecular flexibility index (Phi) is 7.60. The van der Waals surface area contributed by atoms with Gasteiger partial charge in [-0.05, 0) is 55.7 Å². The molecule has 0 bridgehead atoms. The van der Waals surface area contributed by atoms with Crippen molar-refractivity contribution in [2.24, 2.45) is 5.92 Å². The summed E-state index contributed by atoms with van der Waals surface area (Å²) in [6.45, 7) is 1.02. The van der Waals surface area contributed by atoms with E-state index in [1.807, 2.05) is 0 Å². The third kappa shape index (κ3) is 5.22. The normalized spacial score (nSPS) is 22.2. The summed E-state index contributed by atoms with van der Waals surface area (Å²) in [6, 6.07) is 8.75. The summed E-state index contributed by atoms with van der Waals surface area (Å²) in [5.41, 5.74) is -0.792. The zero-order valence-corrected chi connectivity index (χ0v) is 24.2. The van der Waals surface area contributed by atoms with Gasteiger partial charge in [-0.15, -0.1) is 0 Å². The number of piperidine rings is 1. The molecule has 4 heterocycles. The van der Waals surface area contributed by atoms with Crippen LogP contribution in [0.4, 0.5) is 18.9 Å². The van der Waals surface area contributed by atoms with Crippen molar-refractivity contribution >= 4 is 58.1 Å². The van der Waals surface area contributed by atoms with Crippen LogP contribution < -0.4 is 14.5 Å². The van der Waals surface area contributed by atoms with Crippen LogP contribution in [0.3, 0.4) is 0 Å². The van der Waals surface area contributed by atoms with Crippen molar-refractivity contribution in [1.82, 2.24) is 9.88 Å². The number of imide groups is 1. The minimum absolute atomic E-state index is 0.192. The number of anilines is 1. The highest BCUT2D eigenvalue weighted by Crippen LogP contribution is 2.55. The number of thioether (sulfide) groups is 1. The number of alkyl halides is 3. The van der Waals surface area contributed by atoms with E-state index < -0.39 is 45.5 Å². The first kappa shape index (κ1) is 28.8. The second-order valence-corrected chi connectivity index (χ2v) is 12.8. The fraction of sp³-hybridized carbons (Fsp3) is 0.357. The maximum atomic E-state index is 14.0. The van der Waals surface area contributed by atoms with Gasteiger partial charge < -0.3 is 14.6 Å². The minimum Gasteiger partial charge on any atom is -0.483 e. The molecular formula is C28H23ClF3N3O5S2. The van der Waals surface area contributed by atoms with Crippen molar-refractivity contribution in [3.63, 3.8) is 0 Å². The number of hydrogen-bond acceptors (Lipinski definition) is 7. The Hall–Kier alpha value is -3.29. The maximum absolute atomic E-state index is 14.0. The van der Waals surface area contributed by atoms with Crippen LogP contribution in [0, 0.1) is 5.92 Å². The molecular weight excluding hydrogens is 615 g/mol. The molecule has 42 heavy (non-hydrogen) atoms. The Morgan fingerprint density at radius 1 is 1.05 bits per heavy atom. The van der Waals surface area contributed by atoms with Crippen molar-refractivity contribution in [2.75, 3.05) is 24.6 Å². The standard InChI is InChI=1S/C28H23ClF3N3O5S2/c29-15-7-8-18(40-13-19(36)34-9-2-1-3-10-34)17(12-15)20-21-23(41-24-22(20)42-27(39)33-24)26(38)35(25(21)37)16-6-4-5-14(11-16)28(30,31)32/h4-8,11-12,20-21,23H,1-3,9-10,13H2,(H,33,39)/t20-,21?,23?/m1/s1. The fourth-order valence-electron chi connectivity index (χ4n) is 5.70. The Morgan fingerprint density at radius 2 is 1.81 bits per heavy atom. The molecule has 8 nitrogen and oxygen atoms in total. The van der Waals surface area contributed by atoms with Crippen LogP contribution in [-0.4, -0.2) is 52.6 Å². The molecule has 1 aromatic heterocycles. The molecule has 14 heteroatoms. The number of nitrogens with one attached hydrogen (secondary N) is 1. The Balaban J connectivity index is 1.39. The molecule has 2 fully saturated rings. The van der Waals surface area contributed by atoms with Crippen molar-refractivity contribution in [3.05, 3.63) is 73.2 Å². The Bertz CT molecular complexity index is 1640. The summed E-state index contributed by atoms with van der Waals surface area (Å²) in [6.07, 6.45) is -1.79. The second-order valence-electron chi connectivity index (χ2n) is 10.2. The quantitative estimate of drug-likeness (QED) is 0.382. The highest BCUT2D eigenvalue weighted by molar-refractivity contribution is 8.00. The number of nitrogens with zero attached hydrogens (tertiary/aromatic N) is 2. The first-order valence-electron chi connectivity index (χ1n) is 13.2. The number of ether oxygens (including phenoxy) is 1. The molecule has 1 N–H and O–H groups in total. The molecule has 2 saturated heterocycles. The lowest BCUT2D eigenvalue weighted by Gasteiger charge is -2.31. The smallest absolute Gasteiger partial charge is 0.416 e. The van der Waals surface area contributed by atoms with Crippen molar-refractivity contribution in [2.45, 2.75) is 41.6 Å². The lowest BCUT2D eigenvalue weighted by Crippen LogP contribution is -2.38. The average Bonchev–Trinajstić information content (AvgIpc) is 3.46. The van der Waals surface area contributed by atoms with E-state index in [9.17, 15) is 32.3 Å². The molecule has 3 atom stereocenters. The summed E-state index contributed by atoms with van der Waals surface area (Å²) in [4.78, 5) is 58.2. The number of aromatic amines is 1. The number of carbonyl (C=O) groups is 3. The lowest BCUT2D eigenvalue weighted by atomic mass is 9.82. The van der Waals surface area contributed by atoms with E-state index >= 15 is 0 Å². The summed E-state index contributed by atoms with van der Waals surface area (Å²) in [5, 5.41) is -0.347. The van der Waals surface area contributed by atoms with E-state index in [1.165, 1.54) is 6.07 Å². The number of thiazole rings is 1. The van der Waals surface area contributed by atoms with Gasteiger partial charge in [-0.3, -0.25) is 19.2 Å². The average molecular weight is 638 g/mol. The molecule has 3 aromatic rings. The zero-order chi connectivity index (χ0) is 29.8. The molecule has 220 valence electrons. The maximum Gasteiger partial charge on any atom is 0.416 e. The van der Waals surface area contributed by atoms with Gasteiger partial charge in [0.05, 0.1) is 22.2 Å². The first-order valence-corrected chi connectivity index (χ1v) is 15.2. The number of amides is 3. The van der Waals surface area contributed by atoms with E-state index in [0.717, 1.165) is 65.5 Å². The van der Waals surface area contributed by atoms with Gasteiger partial charge in [0.1, 0.15) is 11.0 Å². The molecule has 3 amide bonds. The number of benzene rings is 2. The van der Waals surface area contributed by atoms with E-state index in [4.69, 9.17) is 16.3 Å². The number of likely N-dealkylation sites (tertiary alicyclic amines) is 1. The number of rotatable bonds is 5. The number of halogens is 4. The third-order valence-electron chi connectivity index (χ3n) is 7.62. The monoisotopic (exact) mass is 637 g/mol. The minimum atomic E-state index is -4.67. The van der Waals surface area contributed by atoms with Gasteiger partial charge in [0.15, 0.2) is 6.61 Å². The van der Waals surface area contributed by atoms with Gasteiger partial charge >= 0.3 is 11.0 Å². The molecule has 0 aliphatic carbocycles. The fourth-order valence-corrected chi connectivity index (χ4v) is 8.38. The molecule has 3 aliphatic heterocycles. The Morgan fingerprint density at radius 3 is 2.55 bits per heavy atom. The molecule has 0 radical (unpaired) electrons. The summed E-state index contributed by atoms with van der Waals surface area (Å²) in [7, 11) is 0. The van der Waals surface area contributed by atoms with Crippen molar-refractivity contribution < 1.29 is 32.3 Å². The van der Waals surface area contributed by atoms with Crippen LogP contribution >= 0.6 is 34.7 Å². The topological polar surface area (TPSA) is 99.8 Å². The van der Waals surface area contributed by atoms with E-state index in [-0.39, 0.29) is 24.0 Å². The Labute approximate surface area is 250 Å².